The number of primary amides is 1. The number of ether oxygens (including phenoxy) is 1. The third-order valence-electron chi connectivity index (χ3n) is 2.66. The molecule has 0 aliphatic rings. The number of amides is 1. The molecular formula is C14H9F4NO2. The van der Waals surface area contributed by atoms with E-state index >= 15 is 0 Å². The Labute approximate surface area is 116 Å². The normalized spacial score (nSPS) is 11.2. The highest BCUT2D eigenvalue weighted by Crippen LogP contribution is 2.37. The number of carbonyl (C=O) groups excluding carboxylic acids is 1. The van der Waals surface area contributed by atoms with Crippen LogP contribution in [-0.2, 0) is 0 Å². The monoisotopic (exact) mass is 299 g/mol. The van der Waals surface area contributed by atoms with Crippen LogP contribution in [0, 0.1) is 5.82 Å². The summed E-state index contributed by atoms with van der Waals surface area (Å²) in [7, 11) is 0. The molecule has 2 aromatic rings. The molecule has 2 rings (SSSR count). The van der Waals surface area contributed by atoms with Crippen molar-refractivity contribution < 1.29 is 27.1 Å². The second-order valence-electron chi connectivity index (χ2n) is 4.07. The Bertz CT molecular complexity index is 683. The van der Waals surface area contributed by atoms with Crippen LogP contribution in [0.3, 0.4) is 0 Å². The summed E-state index contributed by atoms with van der Waals surface area (Å²) in [6.45, 7) is 0. The molecule has 0 heterocycles. The van der Waals surface area contributed by atoms with Crippen molar-refractivity contribution in [3.63, 3.8) is 0 Å². The first-order valence-corrected chi connectivity index (χ1v) is 5.73. The van der Waals surface area contributed by atoms with E-state index in [-0.39, 0.29) is 11.1 Å². The number of alkyl halides is 3. The first kappa shape index (κ1) is 14.8. The van der Waals surface area contributed by atoms with Gasteiger partial charge in [-0.05, 0) is 12.1 Å². The summed E-state index contributed by atoms with van der Waals surface area (Å²) < 4.78 is 55.2. The van der Waals surface area contributed by atoms with Crippen molar-refractivity contribution >= 4 is 5.91 Å². The van der Waals surface area contributed by atoms with Crippen LogP contribution in [0.5, 0.6) is 5.75 Å². The molecule has 0 radical (unpaired) electrons. The fourth-order valence-corrected chi connectivity index (χ4v) is 1.85. The maximum Gasteiger partial charge on any atom is 0.573 e. The Morgan fingerprint density at radius 2 is 1.62 bits per heavy atom. The first-order chi connectivity index (χ1) is 9.79. The van der Waals surface area contributed by atoms with Gasteiger partial charge in [0.1, 0.15) is 11.6 Å². The molecule has 0 aliphatic heterocycles. The molecule has 1 amide bonds. The van der Waals surface area contributed by atoms with Crippen molar-refractivity contribution in [1.29, 1.82) is 0 Å². The van der Waals surface area contributed by atoms with E-state index in [0.29, 0.717) is 0 Å². The molecule has 2 N–H and O–H groups in total. The van der Waals surface area contributed by atoms with Gasteiger partial charge in [0, 0.05) is 11.1 Å². The van der Waals surface area contributed by atoms with E-state index in [2.05, 4.69) is 4.74 Å². The molecule has 110 valence electrons. The molecule has 0 bridgehead atoms. The first-order valence-electron chi connectivity index (χ1n) is 5.73. The highest BCUT2D eigenvalue weighted by molar-refractivity contribution is 5.98. The fraction of sp³-hybridized carbons (Fsp3) is 0.0714. The summed E-state index contributed by atoms with van der Waals surface area (Å²) in [6, 6.07) is 8.79. The summed E-state index contributed by atoms with van der Waals surface area (Å²) in [5, 5.41) is 0. The third kappa shape index (κ3) is 3.31. The number of rotatable bonds is 3. The van der Waals surface area contributed by atoms with Gasteiger partial charge in [0.05, 0.1) is 5.56 Å². The minimum absolute atomic E-state index is 0.125. The summed E-state index contributed by atoms with van der Waals surface area (Å²) in [5.41, 5.74) is 4.23. The van der Waals surface area contributed by atoms with E-state index in [1.54, 1.807) is 0 Å². The van der Waals surface area contributed by atoms with Crippen LogP contribution in [0.4, 0.5) is 17.6 Å². The largest absolute Gasteiger partial charge is 0.573 e. The minimum atomic E-state index is -5.04. The average Bonchev–Trinajstić information content (AvgIpc) is 2.38. The molecule has 0 saturated heterocycles. The van der Waals surface area contributed by atoms with E-state index in [1.807, 2.05) is 0 Å². The van der Waals surface area contributed by atoms with E-state index in [4.69, 9.17) is 5.73 Å². The van der Waals surface area contributed by atoms with Gasteiger partial charge in [0.15, 0.2) is 0 Å². The molecule has 0 fully saturated rings. The topological polar surface area (TPSA) is 52.3 Å². The molecule has 0 saturated carbocycles. The lowest BCUT2D eigenvalue weighted by Crippen LogP contribution is -2.21. The van der Waals surface area contributed by atoms with Crippen LogP contribution in [0.15, 0.2) is 42.5 Å². The summed E-state index contributed by atoms with van der Waals surface area (Å²) in [4.78, 5) is 11.3. The number of hydrogen-bond donors (Lipinski definition) is 1. The van der Waals surface area contributed by atoms with Gasteiger partial charge in [0.2, 0.25) is 0 Å². The smallest absolute Gasteiger partial charge is 0.404 e. The van der Waals surface area contributed by atoms with Gasteiger partial charge in [-0.2, -0.15) is 0 Å². The molecule has 0 aromatic heterocycles. The van der Waals surface area contributed by atoms with Crippen molar-refractivity contribution in [2.75, 3.05) is 0 Å². The van der Waals surface area contributed by atoms with Crippen molar-refractivity contribution in [3.8, 4) is 16.9 Å². The number of halogens is 4. The van der Waals surface area contributed by atoms with E-state index in [0.717, 1.165) is 12.1 Å². The lowest BCUT2D eigenvalue weighted by Gasteiger charge is -2.16. The van der Waals surface area contributed by atoms with Crippen LogP contribution in [0.1, 0.15) is 10.4 Å². The van der Waals surface area contributed by atoms with Crippen molar-refractivity contribution in [1.82, 2.24) is 0 Å². The number of benzene rings is 2. The van der Waals surface area contributed by atoms with Gasteiger partial charge in [-0.25, -0.2) is 4.39 Å². The van der Waals surface area contributed by atoms with Gasteiger partial charge in [-0.1, -0.05) is 30.3 Å². The second kappa shape index (κ2) is 5.43. The van der Waals surface area contributed by atoms with E-state index < -0.39 is 29.4 Å². The maximum absolute atomic E-state index is 13.8. The Balaban J connectivity index is 2.69. The Kier molecular flexibility index (Phi) is 3.84. The van der Waals surface area contributed by atoms with E-state index in [1.165, 1.54) is 30.3 Å². The molecule has 3 nitrogen and oxygen atoms in total. The average molecular weight is 299 g/mol. The van der Waals surface area contributed by atoms with Gasteiger partial charge in [-0.3, -0.25) is 4.79 Å². The lowest BCUT2D eigenvalue weighted by atomic mass is 10.0. The summed E-state index contributed by atoms with van der Waals surface area (Å²) in [5.74, 6) is -2.67. The van der Waals surface area contributed by atoms with E-state index in [9.17, 15) is 22.4 Å². The zero-order valence-corrected chi connectivity index (χ0v) is 10.4. The molecular weight excluding hydrogens is 290 g/mol. The van der Waals surface area contributed by atoms with Gasteiger partial charge in [-0.15, -0.1) is 13.2 Å². The SMILES string of the molecule is NC(=O)c1cccc(-c2ccccc2F)c1OC(F)(F)F. The zero-order valence-electron chi connectivity index (χ0n) is 10.4. The van der Waals surface area contributed by atoms with Crippen molar-refractivity contribution in [3.05, 3.63) is 53.8 Å². The fourth-order valence-electron chi connectivity index (χ4n) is 1.85. The van der Waals surface area contributed by atoms with Crippen LogP contribution in [0.25, 0.3) is 11.1 Å². The number of carbonyl (C=O) groups is 1. The van der Waals surface area contributed by atoms with Crippen LogP contribution < -0.4 is 10.5 Å². The highest BCUT2D eigenvalue weighted by atomic mass is 19.4. The van der Waals surface area contributed by atoms with Crippen molar-refractivity contribution in [2.24, 2.45) is 5.73 Å². The van der Waals surface area contributed by atoms with Gasteiger partial charge >= 0.3 is 6.36 Å². The molecule has 0 aliphatic carbocycles. The quantitative estimate of drug-likeness (QED) is 0.882. The molecule has 0 atom stereocenters. The predicted octanol–water partition coefficient (Wildman–Crippen LogP) is 3.49. The Morgan fingerprint density at radius 3 is 2.19 bits per heavy atom. The van der Waals surface area contributed by atoms with Crippen LogP contribution in [0.2, 0.25) is 0 Å². The zero-order chi connectivity index (χ0) is 15.6. The van der Waals surface area contributed by atoms with Crippen LogP contribution >= 0.6 is 0 Å². The number of hydrogen-bond acceptors (Lipinski definition) is 2. The van der Waals surface area contributed by atoms with Gasteiger partial charge in [0.25, 0.3) is 5.91 Å². The molecule has 0 unspecified atom stereocenters. The minimum Gasteiger partial charge on any atom is -0.404 e. The molecule has 2 aromatic carbocycles. The van der Waals surface area contributed by atoms with Crippen molar-refractivity contribution in [2.45, 2.75) is 6.36 Å². The standard InChI is InChI=1S/C14H9F4NO2/c15-11-7-2-1-4-8(11)9-5-3-6-10(13(19)20)12(9)21-14(16,17)18/h1-7H,(H2,19,20). The molecule has 7 heteroatoms. The highest BCUT2D eigenvalue weighted by Gasteiger charge is 2.34. The lowest BCUT2D eigenvalue weighted by molar-refractivity contribution is -0.274. The van der Waals surface area contributed by atoms with Gasteiger partial charge < -0.3 is 10.5 Å². The number of para-hydroxylation sites is 1. The summed E-state index contributed by atoms with van der Waals surface area (Å²) in [6.07, 6.45) is -5.04. The Morgan fingerprint density at radius 1 is 1.00 bits per heavy atom. The molecule has 21 heavy (non-hydrogen) atoms. The Hall–Kier alpha value is -2.57. The summed E-state index contributed by atoms with van der Waals surface area (Å²) >= 11 is 0. The predicted molar refractivity (Wildman–Crippen MR) is 67.0 cm³/mol. The molecule has 0 spiro atoms. The van der Waals surface area contributed by atoms with Crippen LogP contribution in [-0.4, -0.2) is 12.3 Å². The third-order valence-corrected chi connectivity index (χ3v) is 2.66. The number of nitrogens with two attached hydrogens (primary N) is 1. The maximum atomic E-state index is 13.8. The second-order valence-corrected chi connectivity index (χ2v) is 4.07.